The molecule has 1 fully saturated rings. The summed E-state index contributed by atoms with van der Waals surface area (Å²) in [5.74, 6) is 2.44. The van der Waals surface area contributed by atoms with Crippen molar-refractivity contribution in [2.45, 2.75) is 6.10 Å². The van der Waals surface area contributed by atoms with Crippen molar-refractivity contribution in [3.63, 3.8) is 0 Å². The fraction of sp³-hybridized carbons (Fsp3) is 0.143. The van der Waals surface area contributed by atoms with E-state index in [2.05, 4.69) is 5.92 Å². The molecule has 0 amide bonds. The molecule has 1 saturated heterocycles. The van der Waals surface area contributed by atoms with Gasteiger partial charge in [0.15, 0.2) is 0 Å². The molecule has 1 aliphatic rings. The van der Waals surface area contributed by atoms with Gasteiger partial charge in [-0.2, -0.15) is 0 Å². The lowest BCUT2D eigenvalue weighted by atomic mass is 10.1. The molecule has 8 heavy (non-hydrogen) atoms. The summed E-state index contributed by atoms with van der Waals surface area (Å²) in [5.41, 5.74) is 0. The molecule has 0 spiro atoms. The van der Waals surface area contributed by atoms with Gasteiger partial charge in [0.2, 0.25) is 0 Å². The Morgan fingerprint density at radius 3 is 2.75 bits per heavy atom. The lowest BCUT2D eigenvalue weighted by Gasteiger charge is -2.14. The maximum Gasteiger partial charge on any atom is 0.121 e. The Morgan fingerprint density at radius 1 is 1.50 bits per heavy atom. The molecule has 0 N–H and O–H groups in total. The first-order valence-corrected chi connectivity index (χ1v) is 2.38. The molecule has 0 bridgehead atoms. The van der Waals surface area contributed by atoms with Crippen LogP contribution in [0.5, 0.6) is 0 Å². The largest absolute Gasteiger partial charge is 0.359 e. The number of ether oxygens (including phenoxy) is 1. The van der Waals surface area contributed by atoms with Crippen LogP contribution in [0.15, 0.2) is 0 Å². The smallest absolute Gasteiger partial charge is 0.121 e. The normalized spacial score (nSPS) is 29.1. The highest BCUT2D eigenvalue weighted by Gasteiger charge is 2.10. The average molecular weight is 106 g/mol. The maximum absolute atomic E-state index is 5.04. The Hall–Kier alpha value is -0.480. The monoisotopic (exact) mass is 106 g/mol. The van der Waals surface area contributed by atoms with Crippen molar-refractivity contribution in [3.8, 4) is 12.3 Å². The van der Waals surface area contributed by atoms with Gasteiger partial charge in [0.1, 0.15) is 6.10 Å². The predicted molar refractivity (Wildman–Crippen MR) is 30.9 cm³/mol. The zero-order valence-corrected chi connectivity index (χ0v) is 4.37. The third-order valence-corrected chi connectivity index (χ3v) is 0.865. The first kappa shape index (κ1) is 5.65. The van der Waals surface area contributed by atoms with Crippen molar-refractivity contribution >= 4 is 0 Å². The zero-order chi connectivity index (χ0) is 5.82. The van der Waals surface area contributed by atoms with E-state index in [1.165, 1.54) is 0 Å². The molecule has 0 unspecified atom stereocenters. The fourth-order valence-electron chi connectivity index (χ4n) is 0.481. The van der Waals surface area contributed by atoms with Crippen LogP contribution in [0.4, 0.5) is 0 Å². The minimum atomic E-state index is -0.153. The molecule has 0 saturated carbocycles. The van der Waals surface area contributed by atoms with E-state index >= 15 is 0 Å². The van der Waals surface area contributed by atoms with Crippen molar-refractivity contribution in [1.82, 2.24) is 0 Å². The molecule has 1 aliphatic heterocycles. The quantitative estimate of drug-likeness (QED) is 0.415. The molecule has 40 valence electrons. The second-order valence-corrected chi connectivity index (χ2v) is 1.44. The topological polar surface area (TPSA) is 9.23 Å². The summed E-state index contributed by atoms with van der Waals surface area (Å²) >= 11 is 0. The predicted octanol–water partition coefficient (Wildman–Crippen LogP) is 0.793. The second kappa shape index (κ2) is 2.74. The molecule has 1 heterocycles. The van der Waals surface area contributed by atoms with Gasteiger partial charge in [-0.1, -0.05) is 5.92 Å². The lowest BCUT2D eigenvalue weighted by molar-refractivity contribution is 0.175. The number of hydrogen-bond acceptors (Lipinski definition) is 1. The van der Waals surface area contributed by atoms with E-state index in [1.54, 1.807) is 13.0 Å². The standard InChI is InChI=1S/C7H6O/c1-2-7-5-3-4-6-8-7/h1,3-7H/t7-/m0/s1. The van der Waals surface area contributed by atoms with E-state index < -0.39 is 0 Å². The van der Waals surface area contributed by atoms with Gasteiger partial charge in [-0.05, 0) is 12.8 Å². The van der Waals surface area contributed by atoms with Gasteiger partial charge in [-0.15, -0.1) is 6.42 Å². The van der Waals surface area contributed by atoms with E-state index in [-0.39, 0.29) is 6.10 Å². The molecule has 4 radical (unpaired) electrons. The van der Waals surface area contributed by atoms with Gasteiger partial charge >= 0.3 is 0 Å². The molecular formula is C7H6O. The van der Waals surface area contributed by atoms with Gasteiger partial charge in [0.25, 0.3) is 0 Å². The van der Waals surface area contributed by atoms with Crippen LogP contribution < -0.4 is 0 Å². The molecule has 1 nitrogen and oxygen atoms in total. The molecule has 0 aromatic rings. The molecular weight excluding hydrogens is 100 g/mol. The van der Waals surface area contributed by atoms with E-state index in [0.29, 0.717) is 0 Å². The summed E-state index contributed by atoms with van der Waals surface area (Å²) < 4.78 is 4.92. The SMILES string of the molecule is C#C[C@H]1[CH][CH][CH][CH]O1. The lowest BCUT2D eigenvalue weighted by Crippen LogP contribution is -2.14. The van der Waals surface area contributed by atoms with Crippen LogP contribution in [0.25, 0.3) is 0 Å². The van der Waals surface area contributed by atoms with E-state index in [4.69, 9.17) is 11.2 Å². The molecule has 0 aliphatic carbocycles. The van der Waals surface area contributed by atoms with Gasteiger partial charge in [-0.25, -0.2) is 0 Å². The van der Waals surface area contributed by atoms with Gasteiger partial charge in [0, 0.05) is 6.42 Å². The molecule has 1 rings (SSSR count). The van der Waals surface area contributed by atoms with Crippen LogP contribution in [0.3, 0.4) is 0 Å². The van der Waals surface area contributed by atoms with E-state index in [1.807, 2.05) is 12.8 Å². The van der Waals surface area contributed by atoms with Crippen LogP contribution in [-0.4, -0.2) is 6.10 Å². The second-order valence-electron chi connectivity index (χ2n) is 1.44. The Labute approximate surface area is 50.0 Å². The summed E-state index contributed by atoms with van der Waals surface area (Å²) in [6.45, 7) is 1.59. The molecule has 1 atom stereocenters. The Balaban J connectivity index is 2.25. The van der Waals surface area contributed by atoms with Crippen molar-refractivity contribution in [1.29, 1.82) is 0 Å². The highest BCUT2D eigenvalue weighted by atomic mass is 16.5. The van der Waals surface area contributed by atoms with E-state index in [9.17, 15) is 0 Å². The Morgan fingerprint density at radius 2 is 2.38 bits per heavy atom. The van der Waals surface area contributed by atoms with Crippen LogP contribution in [-0.2, 0) is 4.74 Å². The number of terminal acetylenes is 1. The molecule has 0 aromatic heterocycles. The number of hydrogen-bond donors (Lipinski definition) is 0. The van der Waals surface area contributed by atoms with Gasteiger partial charge in [0.05, 0.1) is 6.61 Å². The van der Waals surface area contributed by atoms with Gasteiger partial charge < -0.3 is 4.74 Å². The summed E-state index contributed by atoms with van der Waals surface area (Å²) in [4.78, 5) is 0. The van der Waals surface area contributed by atoms with Crippen LogP contribution in [0.1, 0.15) is 0 Å². The van der Waals surface area contributed by atoms with Crippen molar-refractivity contribution in [3.05, 3.63) is 25.9 Å². The summed E-state index contributed by atoms with van der Waals surface area (Å²) in [5, 5.41) is 0. The Kier molecular flexibility index (Phi) is 1.93. The summed E-state index contributed by atoms with van der Waals surface area (Å²) in [6.07, 6.45) is 10.4. The van der Waals surface area contributed by atoms with Crippen molar-refractivity contribution < 1.29 is 4.74 Å². The third-order valence-electron chi connectivity index (χ3n) is 0.865. The van der Waals surface area contributed by atoms with Crippen molar-refractivity contribution in [2.24, 2.45) is 0 Å². The minimum absolute atomic E-state index is 0.153. The van der Waals surface area contributed by atoms with E-state index in [0.717, 1.165) is 0 Å². The first-order chi connectivity index (χ1) is 3.93. The number of rotatable bonds is 0. The van der Waals surface area contributed by atoms with Gasteiger partial charge in [-0.3, -0.25) is 0 Å². The molecule has 1 heteroatoms. The van der Waals surface area contributed by atoms with Crippen LogP contribution in [0, 0.1) is 38.2 Å². The van der Waals surface area contributed by atoms with Crippen LogP contribution >= 0.6 is 0 Å². The summed E-state index contributed by atoms with van der Waals surface area (Å²) in [6, 6.07) is 0. The first-order valence-electron chi connectivity index (χ1n) is 2.38. The zero-order valence-electron chi connectivity index (χ0n) is 4.37. The molecule has 0 aromatic carbocycles. The van der Waals surface area contributed by atoms with Crippen LogP contribution in [0.2, 0.25) is 0 Å². The fourth-order valence-corrected chi connectivity index (χ4v) is 0.481. The minimum Gasteiger partial charge on any atom is -0.359 e. The van der Waals surface area contributed by atoms with Crippen molar-refractivity contribution in [2.75, 3.05) is 0 Å². The average Bonchev–Trinajstić information content (AvgIpc) is 1.90. The highest BCUT2D eigenvalue weighted by Crippen LogP contribution is 2.10. The summed E-state index contributed by atoms with van der Waals surface area (Å²) in [7, 11) is 0. The highest BCUT2D eigenvalue weighted by molar-refractivity contribution is 5.17. The Bertz CT molecular complexity index is 95.4. The maximum atomic E-state index is 5.04. The third kappa shape index (κ3) is 1.24.